The maximum atomic E-state index is 4.73. The Bertz CT molecular complexity index is 567. The maximum absolute atomic E-state index is 4.73. The fourth-order valence-corrected chi connectivity index (χ4v) is 3.41. The highest BCUT2D eigenvalue weighted by molar-refractivity contribution is 5.75. The molecule has 1 fully saturated rings. The molecular formula is C17H25N3. The molecule has 1 N–H and O–H groups in total. The molecule has 20 heavy (non-hydrogen) atoms. The molecule has 0 bridgehead atoms. The summed E-state index contributed by atoms with van der Waals surface area (Å²) in [4.78, 5) is 4.73. The quantitative estimate of drug-likeness (QED) is 0.920. The lowest BCUT2D eigenvalue weighted by molar-refractivity contribution is 0.279. The molecule has 3 rings (SSSR count). The van der Waals surface area contributed by atoms with Crippen molar-refractivity contribution in [1.82, 2.24) is 14.9 Å². The van der Waals surface area contributed by atoms with Gasteiger partial charge in [0.2, 0.25) is 0 Å². The number of nitrogens with one attached hydrogen (secondary N) is 1. The Kier molecular flexibility index (Phi) is 4.06. The van der Waals surface area contributed by atoms with Crippen LogP contribution in [0.1, 0.15) is 44.9 Å². The van der Waals surface area contributed by atoms with Gasteiger partial charge in [-0.25, -0.2) is 4.98 Å². The first-order valence-electron chi connectivity index (χ1n) is 7.89. The first-order chi connectivity index (χ1) is 9.75. The van der Waals surface area contributed by atoms with Gasteiger partial charge in [0.1, 0.15) is 5.82 Å². The van der Waals surface area contributed by atoms with Gasteiger partial charge in [0, 0.05) is 13.1 Å². The maximum Gasteiger partial charge on any atom is 0.123 e. The molecule has 0 radical (unpaired) electrons. The standard InChI is InChI=1S/C17H25N3/c1-13(14-8-4-3-5-9-14)18-12-17-19-15-10-6-7-11-16(15)20(17)2/h6-7,10-11,13-14,18H,3-5,8-9,12H2,1-2H3/t13-/m1/s1. The van der Waals surface area contributed by atoms with Crippen LogP contribution in [0, 0.1) is 5.92 Å². The Morgan fingerprint density at radius 2 is 2.00 bits per heavy atom. The first kappa shape index (κ1) is 13.6. The van der Waals surface area contributed by atoms with Crippen molar-refractivity contribution in [2.45, 2.75) is 51.6 Å². The Morgan fingerprint density at radius 1 is 1.25 bits per heavy atom. The second kappa shape index (κ2) is 5.96. The molecule has 0 saturated heterocycles. The van der Waals surface area contributed by atoms with Gasteiger partial charge in [-0.3, -0.25) is 0 Å². The van der Waals surface area contributed by atoms with Crippen LogP contribution in [0.4, 0.5) is 0 Å². The van der Waals surface area contributed by atoms with Crippen molar-refractivity contribution in [3.63, 3.8) is 0 Å². The minimum atomic E-state index is 0.593. The molecule has 3 heteroatoms. The Balaban J connectivity index is 1.65. The molecule has 2 aromatic rings. The Hall–Kier alpha value is -1.35. The van der Waals surface area contributed by atoms with Gasteiger partial charge in [-0.2, -0.15) is 0 Å². The van der Waals surface area contributed by atoms with Gasteiger partial charge >= 0.3 is 0 Å². The second-order valence-electron chi connectivity index (χ2n) is 6.14. The van der Waals surface area contributed by atoms with Crippen molar-refractivity contribution in [3.05, 3.63) is 30.1 Å². The normalized spacial score (nSPS) is 18.5. The van der Waals surface area contributed by atoms with E-state index in [1.165, 1.54) is 37.6 Å². The molecule has 1 aliphatic carbocycles. The van der Waals surface area contributed by atoms with Crippen LogP contribution in [0.2, 0.25) is 0 Å². The fraction of sp³-hybridized carbons (Fsp3) is 0.588. The van der Waals surface area contributed by atoms with Crippen LogP contribution in [0.25, 0.3) is 11.0 Å². The van der Waals surface area contributed by atoms with Gasteiger partial charge in [0.05, 0.1) is 17.6 Å². The van der Waals surface area contributed by atoms with Gasteiger partial charge in [-0.15, -0.1) is 0 Å². The lowest BCUT2D eigenvalue weighted by Crippen LogP contribution is -2.34. The molecule has 108 valence electrons. The highest BCUT2D eigenvalue weighted by Crippen LogP contribution is 2.26. The van der Waals surface area contributed by atoms with Crippen LogP contribution in [0.3, 0.4) is 0 Å². The summed E-state index contributed by atoms with van der Waals surface area (Å²) in [6.07, 6.45) is 7.01. The number of hydrogen-bond acceptors (Lipinski definition) is 2. The fourth-order valence-electron chi connectivity index (χ4n) is 3.41. The van der Waals surface area contributed by atoms with Crippen LogP contribution in [0.5, 0.6) is 0 Å². The lowest BCUT2D eigenvalue weighted by Gasteiger charge is -2.28. The SMILES string of the molecule is C[C@@H](NCc1nc2ccccc2n1C)C1CCCCC1. The monoisotopic (exact) mass is 271 g/mol. The van der Waals surface area contributed by atoms with Gasteiger partial charge < -0.3 is 9.88 Å². The van der Waals surface area contributed by atoms with E-state index >= 15 is 0 Å². The van der Waals surface area contributed by atoms with Crippen molar-refractivity contribution in [2.75, 3.05) is 0 Å². The number of para-hydroxylation sites is 2. The van der Waals surface area contributed by atoms with Crippen LogP contribution in [-0.2, 0) is 13.6 Å². The number of fused-ring (bicyclic) bond motifs is 1. The van der Waals surface area contributed by atoms with Crippen molar-refractivity contribution in [2.24, 2.45) is 13.0 Å². The molecule has 1 aliphatic rings. The predicted octanol–water partition coefficient (Wildman–Crippen LogP) is 3.63. The van der Waals surface area contributed by atoms with E-state index in [4.69, 9.17) is 4.98 Å². The molecule has 1 heterocycles. The number of nitrogens with zero attached hydrogens (tertiary/aromatic N) is 2. The van der Waals surface area contributed by atoms with Crippen LogP contribution < -0.4 is 5.32 Å². The summed E-state index contributed by atoms with van der Waals surface area (Å²) in [5.74, 6) is 1.98. The van der Waals surface area contributed by atoms with Crippen molar-refractivity contribution >= 4 is 11.0 Å². The van der Waals surface area contributed by atoms with Crippen molar-refractivity contribution in [3.8, 4) is 0 Å². The third-order valence-corrected chi connectivity index (χ3v) is 4.82. The lowest BCUT2D eigenvalue weighted by atomic mass is 9.84. The van der Waals surface area contributed by atoms with E-state index in [0.29, 0.717) is 6.04 Å². The van der Waals surface area contributed by atoms with E-state index in [2.05, 4.69) is 48.1 Å². The second-order valence-corrected chi connectivity index (χ2v) is 6.14. The molecule has 1 saturated carbocycles. The van der Waals surface area contributed by atoms with E-state index in [1.807, 2.05) is 0 Å². The zero-order valence-electron chi connectivity index (χ0n) is 12.6. The topological polar surface area (TPSA) is 29.9 Å². The largest absolute Gasteiger partial charge is 0.330 e. The number of hydrogen-bond donors (Lipinski definition) is 1. The molecule has 0 unspecified atom stereocenters. The van der Waals surface area contributed by atoms with Crippen LogP contribution >= 0.6 is 0 Å². The summed E-state index contributed by atoms with van der Waals surface area (Å²) in [6, 6.07) is 8.94. The number of imidazole rings is 1. The molecular weight excluding hydrogens is 246 g/mol. The highest BCUT2D eigenvalue weighted by Gasteiger charge is 2.20. The van der Waals surface area contributed by atoms with E-state index in [0.717, 1.165) is 23.8 Å². The summed E-state index contributed by atoms with van der Waals surface area (Å²) < 4.78 is 2.20. The average molecular weight is 271 g/mol. The smallest absolute Gasteiger partial charge is 0.123 e. The molecule has 0 aliphatic heterocycles. The first-order valence-corrected chi connectivity index (χ1v) is 7.89. The predicted molar refractivity (Wildman–Crippen MR) is 83.6 cm³/mol. The van der Waals surface area contributed by atoms with E-state index in [1.54, 1.807) is 0 Å². The molecule has 1 aromatic carbocycles. The minimum Gasteiger partial charge on any atom is -0.330 e. The summed E-state index contributed by atoms with van der Waals surface area (Å²) >= 11 is 0. The number of benzene rings is 1. The third kappa shape index (κ3) is 2.73. The molecule has 1 atom stereocenters. The molecule has 3 nitrogen and oxygen atoms in total. The van der Waals surface area contributed by atoms with Crippen molar-refractivity contribution in [1.29, 1.82) is 0 Å². The van der Waals surface area contributed by atoms with Gasteiger partial charge in [-0.1, -0.05) is 31.4 Å². The Labute approximate surface area is 121 Å². The number of aryl methyl sites for hydroxylation is 1. The number of rotatable bonds is 4. The van der Waals surface area contributed by atoms with E-state index in [-0.39, 0.29) is 0 Å². The van der Waals surface area contributed by atoms with Gasteiger partial charge in [0.15, 0.2) is 0 Å². The Morgan fingerprint density at radius 3 is 2.75 bits per heavy atom. The van der Waals surface area contributed by atoms with Crippen LogP contribution in [-0.4, -0.2) is 15.6 Å². The average Bonchev–Trinajstić information content (AvgIpc) is 2.83. The molecule has 0 amide bonds. The summed E-state index contributed by atoms with van der Waals surface area (Å²) in [7, 11) is 2.11. The zero-order valence-corrected chi connectivity index (χ0v) is 12.6. The summed E-state index contributed by atoms with van der Waals surface area (Å²) in [5, 5.41) is 3.69. The number of aromatic nitrogens is 2. The minimum absolute atomic E-state index is 0.593. The van der Waals surface area contributed by atoms with Crippen molar-refractivity contribution < 1.29 is 0 Å². The zero-order chi connectivity index (χ0) is 13.9. The van der Waals surface area contributed by atoms with E-state index in [9.17, 15) is 0 Å². The summed E-state index contributed by atoms with van der Waals surface area (Å²) in [5.41, 5.74) is 2.31. The molecule has 0 spiro atoms. The summed E-state index contributed by atoms with van der Waals surface area (Å²) in [6.45, 7) is 3.20. The third-order valence-electron chi connectivity index (χ3n) is 4.82. The van der Waals surface area contributed by atoms with E-state index < -0.39 is 0 Å². The van der Waals surface area contributed by atoms with Gasteiger partial charge in [-0.05, 0) is 37.8 Å². The van der Waals surface area contributed by atoms with Gasteiger partial charge in [0.25, 0.3) is 0 Å². The van der Waals surface area contributed by atoms with Crippen LogP contribution in [0.15, 0.2) is 24.3 Å². The highest BCUT2D eigenvalue weighted by atomic mass is 15.1. The molecule has 1 aromatic heterocycles.